The SMILES string of the molecule is CCNC(COC)Cc1nc(C)cs1. The first kappa shape index (κ1) is 11.6. The Hall–Kier alpha value is -0.450. The second-order valence-corrected chi connectivity index (χ2v) is 4.24. The summed E-state index contributed by atoms with van der Waals surface area (Å²) < 4.78 is 5.15. The van der Waals surface area contributed by atoms with Crippen molar-refractivity contribution in [2.75, 3.05) is 20.3 Å². The molecular weight excluding hydrogens is 196 g/mol. The van der Waals surface area contributed by atoms with Crippen LogP contribution in [0.1, 0.15) is 17.6 Å². The number of nitrogens with one attached hydrogen (secondary N) is 1. The zero-order chi connectivity index (χ0) is 10.4. The third-order valence-corrected chi connectivity index (χ3v) is 2.94. The van der Waals surface area contributed by atoms with Gasteiger partial charge in [0.05, 0.1) is 11.6 Å². The predicted molar refractivity (Wildman–Crippen MR) is 59.9 cm³/mol. The average Bonchev–Trinajstić information content (AvgIpc) is 2.52. The van der Waals surface area contributed by atoms with Gasteiger partial charge in [0.15, 0.2) is 0 Å². The first-order valence-electron chi connectivity index (χ1n) is 4.89. The zero-order valence-electron chi connectivity index (χ0n) is 9.04. The normalized spacial score (nSPS) is 13.1. The van der Waals surface area contributed by atoms with Crippen LogP contribution in [0.2, 0.25) is 0 Å². The van der Waals surface area contributed by atoms with E-state index in [9.17, 15) is 0 Å². The van der Waals surface area contributed by atoms with Crippen LogP contribution >= 0.6 is 11.3 Å². The smallest absolute Gasteiger partial charge is 0.0944 e. The Labute approximate surface area is 89.5 Å². The van der Waals surface area contributed by atoms with Gasteiger partial charge in [-0.15, -0.1) is 11.3 Å². The van der Waals surface area contributed by atoms with E-state index in [-0.39, 0.29) is 0 Å². The Kier molecular flexibility index (Phi) is 5.07. The standard InChI is InChI=1S/C10H18N2OS/c1-4-11-9(6-13-3)5-10-12-8(2)7-14-10/h7,9,11H,4-6H2,1-3H3. The molecule has 0 aliphatic carbocycles. The van der Waals surface area contributed by atoms with Gasteiger partial charge in [-0.1, -0.05) is 6.92 Å². The fourth-order valence-electron chi connectivity index (χ4n) is 1.39. The van der Waals surface area contributed by atoms with E-state index < -0.39 is 0 Å². The van der Waals surface area contributed by atoms with E-state index in [1.165, 1.54) is 5.01 Å². The van der Waals surface area contributed by atoms with E-state index in [4.69, 9.17) is 4.74 Å². The molecule has 0 bridgehead atoms. The molecule has 0 spiro atoms. The minimum absolute atomic E-state index is 0.385. The van der Waals surface area contributed by atoms with E-state index >= 15 is 0 Å². The van der Waals surface area contributed by atoms with Crippen LogP contribution in [0.5, 0.6) is 0 Å². The van der Waals surface area contributed by atoms with Crippen molar-refractivity contribution >= 4 is 11.3 Å². The second kappa shape index (κ2) is 6.11. The summed E-state index contributed by atoms with van der Waals surface area (Å²) in [5, 5.41) is 6.66. The topological polar surface area (TPSA) is 34.1 Å². The number of rotatable bonds is 6. The maximum absolute atomic E-state index is 5.15. The Bertz CT molecular complexity index is 256. The number of ether oxygens (including phenoxy) is 1. The molecule has 14 heavy (non-hydrogen) atoms. The fourth-order valence-corrected chi connectivity index (χ4v) is 2.24. The number of hydrogen-bond donors (Lipinski definition) is 1. The molecule has 1 atom stereocenters. The van der Waals surface area contributed by atoms with Gasteiger partial charge in [0.25, 0.3) is 0 Å². The molecule has 0 aromatic carbocycles. The van der Waals surface area contributed by atoms with E-state index in [2.05, 4.69) is 22.6 Å². The quantitative estimate of drug-likeness (QED) is 0.781. The van der Waals surface area contributed by atoms with Gasteiger partial charge < -0.3 is 10.1 Å². The molecule has 0 aliphatic heterocycles. The number of aromatic nitrogens is 1. The van der Waals surface area contributed by atoms with E-state index in [0.717, 1.165) is 25.3 Å². The number of methoxy groups -OCH3 is 1. The number of likely N-dealkylation sites (N-methyl/N-ethyl adjacent to an activating group) is 1. The van der Waals surface area contributed by atoms with Crippen molar-refractivity contribution in [1.82, 2.24) is 10.3 Å². The molecule has 1 N–H and O–H groups in total. The molecule has 1 unspecified atom stereocenters. The molecule has 80 valence electrons. The first-order chi connectivity index (χ1) is 6.76. The lowest BCUT2D eigenvalue weighted by Crippen LogP contribution is -2.34. The van der Waals surface area contributed by atoms with Crippen LogP contribution in [0.15, 0.2) is 5.38 Å². The molecule has 0 saturated heterocycles. The lowest BCUT2D eigenvalue weighted by atomic mass is 10.2. The molecule has 0 aliphatic rings. The van der Waals surface area contributed by atoms with E-state index in [0.29, 0.717) is 6.04 Å². The monoisotopic (exact) mass is 214 g/mol. The Morgan fingerprint density at radius 3 is 2.93 bits per heavy atom. The molecule has 0 radical (unpaired) electrons. The van der Waals surface area contributed by atoms with E-state index in [1.54, 1.807) is 18.4 Å². The van der Waals surface area contributed by atoms with Crippen LogP contribution in [-0.4, -0.2) is 31.3 Å². The van der Waals surface area contributed by atoms with Crippen molar-refractivity contribution in [3.63, 3.8) is 0 Å². The second-order valence-electron chi connectivity index (χ2n) is 3.30. The van der Waals surface area contributed by atoms with Crippen LogP contribution in [0.25, 0.3) is 0 Å². The summed E-state index contributed by atoms with van der Waals surface area (Å²) in [6, 6.07) is 0.385. The summed E-state index contributed by atoms with van der Waals surface area (Å²) >= 11 is 1.72. The minimum atomic E-state index is 0.385. The van der Waals surface area contributed by atoms with Gasteiger partial charge in [-0.3, -0.25) is 0 Å². The third kappa shape index (κ3) is 3.74. The number of aryl methyl sites for hydroxylation is 1. The summed E-state index contributed by atoms with van der Waals surface area (Å²) in [5.41, 5.74) is 1.11. The highest BCUT2D eigenvalue weighted by molar-refractivity contribution is 7.09. The fraction of sp³-hybridized carbons (Fsp3) is 0.700. The van der Waals surface area contributed by atoms with Crippen molar-refractivity contribution in [3.05, 3.63) is 16.1 Å². The number of thiazole rings is 1. The van der Waals surface area contributed by atoms with Crippen LogP contribution < -0.4 is 5.32 Å². The number of nitrogens with zero attached hydrogens (tertiary/aromatic N) is 1. The zero-order valence-corrected chi connectivity index (χ0v) is 9.86. The lowest BCUT2D eigenvalue weighted by Gasteiger charge is -2.14. The summed E-state index contributed by atoms with van der Waals surface area (Å²) in [6.45, 7) is 5.85. The molecule has 1 aromatic heterocycles. The largest absolute Gasteiger partial charge is 0.383 e. The molecule has 0 fully saturated rings. The molecule has 3 nitrogen and oxygen atoms in total. The van der Waals surface area contributed by atoms with Crippen molar-refractivity contribution in [2.24, 2.45) is 0 Å². The predicted octanol–water partition coefficient (Wildman–Crippen LogP) is 1.62. The van der Waals surface area contributed by atoms with E-state index in [1.807, 2.05) is 6.92 Å². The molecule has 4 heteroatoms. The maximum Gasteiger partial charge on any atom is 0.0944 e. The molecular formula is C10H18N2OS. The van der Waals surface area contributed by atoms with Gasteiger partial charge in [-0.25, -0.2) is 4.98 Å². The Balaban J connectivity index is 2.46. The molecule has 1 aromatic rings. The summed E-state index contributed by atoms with van der Waals surface area (Å²) in [4.78, 5) is 4.44. The Morgan fingerprint density at radius 1 is 1.64 bits per heavy atom. The average molecular weight is 214 g/mol. The van der Waals surface area contributed by atoms with Gasteiger partial charge in [0, 0.05) is 30.6 Å². The molecule has 0 amide bonds. The molecule has 1 rings (SSSR count). The van der Waals surface area contributed by atoms with Crippen LogP contribution in [0.4, 0.5) is 0 Å². The van der Waals surface area contributed by atoms with Crippen LogP contribution in [0, 0.1) is 6.92 Å². The van der Waals surface area contributed by atoms with Gasteiger partial charge in [-0.2, -0.15) is 0 Å². The minimum Gasteiger partial charge on any atom is -0.383 e. The van der Waals surface area contributed by atoms with Gasteiger partial charge in [0.1, 0.15) is 0 Å². The van der Waals surface area contributed by atoms with Gasteiger partial charge in [-0.05, 0) is 13.5 Å². The summed E-state index contributed by atoms with van der Waals surface area (Å²) in [6.07, 6.45) is 0.959. The maximum atomic E-state index is 5.15. The molecule has 1 heterocycles. The van der Waals surface area contributed by atoms with Crippen molar-refractivity contribution in [1.29, 1.82) is 0 Å². The Morgan fingerprint density at radius 2 is 2.43 bits per heavy atom. The highest BCUT2D eigenvalue weighted by Gasteiger charge is 2.09. The van der Waals surface area contributed by atoms with Crippen molar-refractivity contribution in [2.45, 2.75) is 26.3 Å². The van der Waals surface area contributed by atoms with Gasteiger partial charge >= 0.3 is 0 Å². The van der Waals surface area contributed by atoms with Crippen LogP contribution in [-0.2, 0) is 11.2 Å². The summed E-state index contributed by atoms with van der Waals surface area (Å²) in [7, 11) is 1.73. The lowest BCUT2D eigenvalue weighted by molar-refractivity contribution is 0.167. The summed E-state index contributed by atoms with van der Waals surface area (Å²) in [5.74, 6) is 0. The highest BCUT2D eigenvalue weighted by atomic mass is 32.1. The number of hydrogen-bond acceptors (Lipinski definition) is 4. The van der Waals surface area contributed by atoms with Gasteiger partial charge in [0.2, 0.25) is 0 Å². The van der Waals surface area contributed by atoms with Crippen LogP contribution in [0.3, 0.4) is 0 Å². The third-order valence-electron chi connectivity index (χ3n) is 1.95. The highest BCUT2D eigenvalue weighted by Crippen LogP contribution is 2.11. The van der Waals surface area contributed by atoms with Crippen molar-refractivity contribution < 1.29 is 4.74 Å². The first-order valence-corrected chi connectivity index (χ1v) is 5.77. The van der Waals surface area contributed by atoms with Crippen molar-refractivity contribution in [3.8, 4) is 0 Å². The molecule has 0 saturated carbocycles.